The fourth-order valence-electron chi connectivity index (χ4n) is 4.01. The summed E-state index contributed by atoms with van der Waals surface area (Å²) < 4.78 is 33.3. The largest absolute Gasteiger partial charge is 0.409 e. The molecule has 0 fully saturated rings. The van der Waals surface area contributed by atoms with Gasteiger partial charge in [0.05, 0.1) is 6.42 Å². The van der Waals surface area contributed by atoms with E-state index >= 15 is 0 Å². The first-order valence-corrected chi connectivity index (χ1v) is 13.1. The fraction of sp³-hybridized carbons (Fsp3) is 0.519. The zero-order valence-electron chi connectivity index (χ0n) is 21.4. The number of nitrogens with one attached hydrogen (secondary N) is 1. The number of rotatable bonds is 9. The topological polar surface area (TPSA) is 72.5 Å². The van der Waals surface area contributed by atoms with E-state index in [9.17, 15) is 13.2 Å². The Balaban J connectivity index is 2.32. The molecule has 0 saturated carbocycles. The van der Waals surface area contributed by atoms with Gasteiger partial charge in [0.2, 0.25) is 5.91 Å². The summed E-state index contributed by atoms with van der Waals surface area (Å²) in [5.74, 6) is 0.424. The molecule has 182 valence electrons. The normalized spacial score (nSPS) is 12.2. The van der Waals surface area contributed by atoms with E-state index in [0.717, 1.165) is 27.8 Å². The summed E-state index contributed by atoms with van der Waals surface area (Å²) in [6, 6.07) is 9.83. The average molecular weight is 474 g/mol. The molecule has 0 aliphatic heterocycles. The van der Waals surface area contributed by atoms with Crippen molar-refractivity contribution in [1.82, 2.24) is 4.72 Å². The summed E-state index contributed by atoms with van der Waals surface area (Å²) >= 11 is 0. The van der Waals surface area contributed by atoms with E-state index in [4.69, 9.17) is 4.18 Å². The Labute approximate surface area is 200 Å². The second-order valence-corrected chi connectivity index (χ2v) is 11.3. The lowest BCUT2D eigenvalue weighted by Crippen LogP contribution is -2.35. The van der Waals surface area contributed by atoms with Gasteiger partial charge in [-0.1, -0.05) is 85.7 Å². The van der Waals surface area contributed by atoms with Crippen molar-refractivity contribution in [2.75, 3.05) is 0 Å². The summed E-state index contributed by atoms with van der Waals surface area (Å²) in [5.41, 5.74) is 5.72. The van der Waals surface area contributed by atoms with Crippen LogP contribution in [0.5, 0.6) is 5.75 Å². The van der Waals surface area contributed by atoms with Gasteiger partial charge in [-0.25, -0.2) is 4.72 Å². The fourth-order valence-corrected chi connectivity index (χ4v) is 4.81. The number of benzene rings is 2. The Morgan fingerprint density at radius 1 is 0.848 bits per heavy atom. The minimum atomic E-state index is -4.33. The number of hydrogen-bond donors (Lipinski definition) is 1. The van der Waals surface area contributed by atoms with Gasteiger partial charge in [-0.05, 0) is 64.0 Å². The molecule has 0 atom stereocenters. The van der Waals surface area contributed by atoms with E-state index in [2.05, 4.69) is 44.5 Å². The molecule has 0 spiro atoms. The van der Waals surface area contributed by atoms with Crippen LogP contribution < -0.4 is 8.91 Å². The molecule has 5 nitrogen and oxygen atoms in total. The number of aryl methyl sites for hydroxylation is 1. The van der Waals surface area contributed by atoms with Gasteiger partial charge in [0.25, 0.3) is 0 Å². The van der Waals surface area contributed by atoms with Gasteiger partial charge in [0.15, 0.2) is 5.75 Å². The van der Waals surface area contributed by atoms with E-state index in [1.807, 2.05) is 52.8 Å². The summed E-state index contributed by atoms with van der Waals surface area (Å²) in [6.07, 6.45) is -0.0246. The molecule has 33 heavy (non-hydrogen) atoms. The number of hydrogen-bond acceptors (Lipinski definition) is 4. The third-order valence-electron chi connectivity index (χ3n) is 5.91. The molecule has 0 aliphatic carbocycles. The smallest absolute Gasteiger partial charge is 0.366 e. The molecule has 0 aliphatic rings. The lowest BCUT2D eigenvalue weighted by molar-refractivity contribution is -0.118. The highest BCUT2D eigenvalue weighted by Gasteiger charge is 2.24. The number of carbonyl (C=O) groups excluding carboxylic acids is 1. The van der Waals surface area contributed by atoms with Crippen LogP contribution in [0.2, 0.25) is 0 Å². The highest BCUT2D eigenvalue weighted by molar-refractivity contribution is 7.85. The van der Waals surface area contributed by atoms with E-state index in [1.54, 1.807) is 0 Å². The van der Waals surface area contributed by atoms with Crippen LogP contribution in [-0.2, 0) is 21.5 Å². The van der Waals surface area contributed by atoms with Crippen LogP contribution in [0, 0.1) is 6.92 Å². The van der Waals surface area contributed by atoms with Crippen LogP contribution in [0.25, 0.3) is 0 Å². The van der Waals surface area contributed by atoms with Crippen molar-refractivity contribution in [3.05, 3.63) is 63.7 Å². The minimum Gasteiger partial charge on any atom is -0.366 e. The van der Waals surface area contributed by atoms with E-state index in [-0.39, 0.29) is 24.2 Å². The van der Waals surface area contributed by atoms with Crippen molar-refractivity contribution in [2.24, 2.45) is 0 Å². The number of para-hydroxylation sites is 1. The Bertz CT molecular complexity index is 1070. The van der Waals surface area contributed by atoms with Crippen molar-refractivity contribution >= 4 is 16.2 Å². The predicted octanol–water partition coefficient (Wildman–Crippen LogP) is 6.47. The van der Waals surface area contributed by atoms with Crippen molar-refractivity contribution in [2.45, 2.75) is 92.4 Å². The average Bonchev–Trinajstić information content (AvgIpc) is 2.67. The van der Waals surface area contributed by atoms with Crippen LogP contribution in [0.15, 0.2) is 30.3 Å². The van der Waals surface area contributed by atoms with Crippen molar-refractivity contribution < 1.29 is 17.4 Å². The van der Waals surface area contributed by atoms with Crippen molar-refractivity contribution in [3.8, 4) is 5.75 Å². The van der Waals surface area contributed by atoms with Gasteiger partial charge in [0.1, 0.15) is 0 Å². The maximum absolute atomic E-state index is 12.8. The number of carbonyl (C=O) groups is 1. The monoisotopic (exact) mass is 473 g/mol. The van der Waals surface area contributed by atoms with E-state index < -0.39 is 16.2 Å². The molecule has 6 heteroatoms. The maximum Gasteiger partial charge on any atom is 0.409 e. The first-order chi connectivity index (χ1) is 15.2. The van der Waals surface area contributed by atoms with E-state index in [0.29, 0.717) is 11.7 Å². The molecule has 0 heterocycles. The SMILES string of the molecule is Cc1cc(C(C)C)cc(C(C)C)c1CC(=O)NS(=O)(=O)Oc1c(C(C)C)cccc1C(C)C. The molecule has 2 aromatic carbocycles. The van der Waals surface area contributed by atoms with Crippen LogP contribution in [0.4, 0.5) is 0 Å². The molecule has 2 aromatic rings. The Morgan fingerprint density at radius 3 is 1.82 bits per heavy atom. The highest BCUT2D eigenvalue weighted by atomic mass is 32.2. The second-order valence-electron chi connectivity index (χ2n) is 10.0. The van der Waals surface area contributed by atoms with Crippen molar-refractivity contribution in [1.29, 1.82) is 0 Å². The summed E-state index contributed by atoms with van der Waals surface area (Å²) in [7, 11) is -4.33. The van der Waals surface area contributed by atoms with Gasteiger partial charge in [-0.3, -0.25) is 4.79 Å². The molecule has 1 amide bonds. The second kappa shape index (κ2) is 10.7. The molecule has 0 unspecified atom stereocenters. The molecule has 2 rings (SSSR count). The summed E-state index contributed by atoms with van der Waals surface area (Å²) in [6.45, 7) is 18.3. The molecule has 0 bridgehead atoms. The minimum absolute atomic E-state index is 0.0246. The highest BCUT2D eigenvalue weighted by Crippen LogP contribution is 2.35. The first kappa shape index (κ1) is 26.9. The summed E-state index contributed by atoms with van der Waals surface area (Å²) in [4.78, 5) is 12.8. The Kier molecular flexibility index (Phi) is 8.75. The lowest BCUT2D eigenvalue weighted by Gasteiger charge is -2.20. The van der Waals surface area contributed by atoms with Gasteiger partial charge in [0, 0.05) is 0 Å². The standard InChI is InChI=1S/C27H39NO4S/c1-16(2)21-13-20(9)25(24(14-21)19(7)8)15-26(29)28-33(30,31)32-27-22(17(3)4)11-10-12-23(27)18(5)6/h10-14,16-19H,15H2,1-9H3,(H,28,29). The number of amides is 1. The quantitative estimate of drug-likeness (QED) is 0.453. The Hall–Kier alpha value is -2.34. The molecule has 0 saturated heterocycles. The van der Waals surface area contributed by atoms with Gasteiger partial charge >= 0.3 is 10.3 Å². The Morgan fingerprint density at radius 2 is 1.36 bits per heavy atom. The third-order valence-corrected chi connectivity index (χ3v) is 6.77. The van der Waals surface area contributed by atoms with Crippen LogP contribution >= 0.6 is 0 Å². The van der Waals surface area contributed by atoms with Crippen LogP contribution in [0.1, 0.15) is 112 Å². The molecular weight excluding hydrogens is 434 g/mol. The van der Waals surface area contributed by atoms with Gasteiger partial charge in [-0.2, -0.15) is 8.42 Å². The zero-order valence-corrected chi connectivity index (χ0v) is 22.3. The van der Waals surface area contributed by atoms with Gasteiger partial charge < -0.3 is 4.18 Å². The summed E-state index contributed by atoms with van der Waals surface area (Å²) in [5, 5.41) is 0. The predicted molar refractivity (Wildman–Crippen MR) is 135 cm³/mol. The third kappa shape index (κ3) is 6.83. The van der Waals surface area contributed by atoms with E-state index in [1.165, 1.54) is 5.56 Å². The van der Waals surface area contributed by atoms with Crippen LogP contribution in [-0.4, -0.2) is 14.3 Å². The van der Waals surface area contributed by atoms with Gasteiger partial charge in [-0.15, -0.1) is 0 Å². The zero-order chi connectivity index (χ0) is 25.1. The lowest BCUT2D eigenvalue weighted by atomic mass is 9.87. The molecular formula is C27H39NO4S. The molecule has 1 N–H and O–H groups in total. The molecule has 0 aromatic heterocycles. The molecule has 0 radical (unpaired) electrons. The first-order valence-electron chi connectivity index (χ1n) is 11.7. The van der Waals surface area contributed by atoms with Crippen molar-refractivity contribution in [3.63, 3.8) is 0 Å². The van der Waals surface area contributed by atoms with Crippen LogP contribution in [0.3, 0.4) is 0 Å². The maximum atomic E-state index is 12.8.